The molecule has 0 spiro atoms. The maximum atomic E-state index is 12.6. The molecule has 6 heteroatoms. The van der Waals surface area contributed by atoms with Crippen LogP contribution in [0.5, 0.6) is 5.75 Å². The number of alkyl halides is 2. The molecule has 1 aromatic carbocycles. The van der Waals surface area contributed by atoms with Gasteiger partial charge >= 0.3 is 5.25 Å². The lowest BCUT2D eigenvalue weighted by Crippen LogP contribution is -2.08. The Bertz CT molecular complexity index is 405. The van der Waals surface area contributed by atoms with E-state index in [2.05, 4.69) is 9.37 Å². The molecule has 1 aromatic rings. The molecule has 3 nitrogen and oxygen atoms in total. The van der Waals surface area contributed by atoms with Crippen molar-refractivity contribution in [3.8, 4) is 5.75 Å². The molecule has 114 valence electrons. The fourth-order valence-electron chi connectivity index (χ4n) is 1.70. The van der Waals surface area contributed by atoms with E-state index >= 15 is 0 Å². The van der Waals surface area contributed by atoms with E-state index in [0.717, 1.165) is 11.1 Å². The summed E-state index contributed by atoms with van der Waals surface area (Å²) < 4.78 is 29.4. The monoisotopic (exact) mass is 306 g/mol. The molecule has 0 N–H and O–H groups in total. The molecule has 0 amide bonds. The summed E-state index contributed by atoms with van der Waals surface area (Å²) in [5, 5.41) is 1.42. The number of para-hydroxylation sites is 1. The molecular formula is C14H20F2O3S. The van der Waals surface area contributed by atoms with Crippen LogP contribution in [-0.4, -0.2) is 5.25 Å². The molecule has 0 unspecified atom stereocenters. The van der Waals surface area contributed by atoms with Crippen LogP contribution >= 0.6 is 12.0 Å². The molecule has 0 heterocycles. The van der Waals surface area contributed by atoms with Crippen molar-refractivity contribution in [1.29, 1.82) is 0 Å². The predicted molar refractivity (Wildman–Crippen MR) is 75.6 cm³/mol. The molecule has 0 saturated carbocycles. The van der Waals surface area contributed by atoms with Crippen molar-refractivity contribution in [2.45, 2.75) is 51.7 Å². The van der Waals surface area contributed by atoms with Crippen LogP contribution in [0.1, 0.15) is 57.6 Å². The van der Waals surface area contributed by atoms with Crippen LogP contribution in [0, 0.1) is 0 Å². The van der Waals surface area contributed by atoms with Gasteiger partial charge in [0, 0.05) is 18.1 Å². The molecular weight excluding hydrogens is 286 g/mol. The predicted octanol–water partition coefficient (Wildman–Crippen LogP) is 5.44. The highest BCUT2D eigenvalue weighted by atomic mass is 32.2. The van der Waals surface area contributed by atoms with Gasteiger partial charge in [-0.05, 0) is 16.9 Å². The van der Waals surface area contributed by atoms with E-state index in [1.54, 1.807) is 0 Å². The first-order valence-corrected chi connectivity index (χ1v) is 7.16. The first kappa shape index (κ1) is 17.2. The van der Waals surface area contributed by atoms with E-state index in [1.807, 2.05) is 45.9 Å². The van der Waals surface area contributed by atoms with E-state index in [0.29, 0.717) is 12.7 Å². The smallest absolute Gasteiger partial charge is 0.307 e. The average Bonchev–Trinajstić information content (AvgIpc) is 2.32. The van der Waals surface area contributed by atoms with Gasteiger partial charge in [0.15, 0.2) is 5.75 Å². The summed E-state index contributed by atoms with van der Waals surface area (Å²) in [5.74, 6) is 0.956. The number of halogens is 2. The summed E-state index contributed by atoms with van der Waals surface area (Å²) in [6.07, 6.45) is 0. The fraction of sp³-hybridized carbons (Fsp3) is 0.571. The van der Waals surface area contributed by atoms with Crippen LogP contribution in [0.25, 0.3) is 0 Å². The van der Waals surface area contributed by atoms with E-state index < -0.39 is 5.25 Å². The van der Waals surface area contributed by atoms with Gasteiger partial charge in [-0.3, -0.25) is 0 Å². The second-order valence-corrected chi connectivity index (χ2v) is 6.21. The summed E-state index contributed by atoms with van der Waals surface area (Å²) in [4.78, 5) is 5.11. The average molecular weight is 306 g/mol. The maximum Gasteiger partial charge on any atom is 0.318 e. The molecule has 0 radical (unpaired) electrons. The Kier molecular flexibility index (Phi) is 6.23. The van der Waals surface area contributed by atoms with Gasteiger partial charge < -0.3 is 4.89 Å². The summed E-state index contributed by atoms with van der Waals surface area (Å²) in [6, 6.07) is 5.76. The van der Waals surface area contributed by atoms with Crippen LogP contribution in [0.15, 0.2) is 18.2 Å². The van der Waals surface area contributed by atoms with E-state index in [4.69, 9.17) is 4.89 Å². The van der Waals surface area contributed by atoms with Crippen LogP contribution in [0.4, 0.5) is 8.78 Å². The summed E-state index contributed by atoms with van der Waals surface area (Å²) in [7, 11) is 0. The maximum absolute atomic E-state index is 12.6. The Labute approximate surface area is 122 Å². The van der Waals surface area contributed by atoms with Gasteiger partial charge in [0.1, 0.15) is 12.0 Å². The number of hydrogen-bond acceptors (Lipinski definition) is 4. The molecule has 0 atom stereocenters. The third kappa shape index (κ3) is 5.26. The Morgan fingerprint density at radius 1 is 1.05 bits per heavy atom. The van der Waals surface area contributed by atoms with Gasteiger partial charge in [0.2, 0.25) is 0 Å². The number of rotatable bonds is 7. The molecule has 0 aliphatic carbocycles. The first-order valence-electron chi connectivity index (χ1n) is 6.42. The normalized spacial score (nSPS) is 12.2. The highest BCUT2D eigenvalue weighted by Crippen LogP contribution is 2.35. The number of benzene rings is 1. The minimum atomic E-state index is -3.04. The van der Waals surface area contributed by atoms with Crippen molar-refractivity contribution in [3.63, 3.8) is 0 Å². The molecule has 1 rings (SSSR count). The molecule has 0 aliphatic heterocycles. The van der Waals surface area contributed by atoms with Crippen molar-refractivity contribution in [3.05, 3.63) is 29.3 Å². The van der Waals surface area contributed by atoms with Gasteiger partial charge in [-0.15, -0.1) is 4.33 Å². The van der Waals surface area contributed by atoms with Crippen LogP contribution < -0.4 is 4.89 Å². The molecule has 20 heavy (non-hydrogen) atoms. The summed E-state index contributed by atoms with van der Waals surface area (Å²) in [6.45, 7) is 8.77. The Morgan fingerprint density at radius 3 is 1.95 bits per heavy atom. The van der Waals surface area contributed by atoms with Crippen molar-refractivity contribution < 1.29 is 23.0 Å². The SMILES string of the molecule is CC(C)c1cccc(C(C)C)c1OOOSC(C)(F)F. The van der Waals surface area contributed by atoms with Crippen molar-refractivity contribution in [1.82, 2.24) is 0 Å². The van der Waals surface area contributed by atoms with Crippen molar-refractivity contribution in [2.75, 3.05) is 0 Å². The highest BCUT2D eigenvalue weighted by molar-refractivity contribution is 7.95. The molecule has 0 fully saturated rings. The third-order valence-corrected chi connectivity index (χ3v) is 3.06. The van der Waals surface area contributed by atoms with Crippen molar-refractivity contribution in [2.24, 2.45) is 0 Å². The molecule has 0 saturated heterocycles. The second-order valence-electron chi connectivity index (χ2n) is 5.19. The van der Waals surface area contributed by atoms with Crippen LogP contribution in [0.3, 0.4) is 0 Å². The quantitative estimate of drug-likeness (QED) is 0.290. The summed E-state index contributed by atoms with van der Waals surface area (Å²) in [5.41, 5.74) is 1.88. The lowest BCUT2D eigenvalue weighted by atomic mass is 9.94. The second kappa shape index (κ2) is 7.24. The molecule has 0 aliphatic rings. The molecule has 0 aromatic heterocycles. The van der Waals surface area contributed by atoms with Crippen LogP contribution in [0.2, 0.25) is 0 Å². The zero-order valence-electron chi connectivity index (χ0n) is 12.3. The topological polar surface area (TPSA) is 27.7 Å². The van der Waals surface area contributed by atoms with Gasteiger partial charge in [-0.25, -0.2) is 0 Å². The highest BCUT2D eigenvalue weighted by Gasteiger charge is 2.25. The summed E-state index contributed by atoms with van der Waals surface area (Å²) >= 11 is -0.0992. The lowest BCUT2D eigenvalue weighted by Gasteiger charge is -2.17. The van der Waals surface area contributed by atoms with Gasteiger partial charge in [0.05, 0.1) is 0 Å². The minimum Gasteiger partial charge on any atom is -0.307 e. The minimum absolute atomic E-state index is 0.0992. The molecule has 0 bridgehead atoms. The Morgan fingerprint density at radius 2 is 1.55 bits per heavy atom. The van der Waals surface area contributed by atoms with Crippen molar-refractivity contribution >= 4 is 12.0 Å². The fourth-order valence-corrected chi connectivity index (χ4v) is 1.88. The third-order valence-electron chi connectivity index (χ3n) is 2.65. The van der Waals surface area contributed by atoms with Crippen LogP contribution in [-0.2, 0) is 9.37 Å². The largest absolute Gasteiger partial charge is 0.318 e. The van der Waals surface area contributed by atoms with E-state index in [-0.39, 0.29) is 23.9 Å². The number of hydrogen-bond donors (Lipinski definition) is 0. The Hall–Kier alpha value is -0.850. The zero-order valence-corrected chi connectivity index (χ0v) is 13.1. The van der Waals surface area contributed by atoms with Gasteiger partial charge in [-0.2, -0.15) is 8.78 Å². The first-order chi connectivity index (χ1) is 9.22. The van der Waals surface area contributed by atoms with E-state index in [1.165, 1.54) is 0 Å². The van der Waals surface area contributed by atoms with Gasteiger partial charge in [0.25, 0.3) is 0 Å². The zero-order chi connectivity index (χ0) is 15.3. The van der Waals surface area contributed by atoms with Gasteiger partial charge in [-0.1, -0.05) is 45.9 Å². The standard InChI is InChI=1S/C14H20F2O3S/c1-9(2)11-7-6-8-12(10(3)4)13(11)17-18-19-20-14(5,15)16/h6-10H,1-5H3. The lowest BCUT2D eigenvalue weighted by molar-refractivity contribution is -0.405. The van der Waals surface area contributed by atoms with E-state index in [9.17, 15) is 8.78 Å². The Balaban J connectivity index is 2.81.